The van der Waals surface area contributed by atoms with Gasteiger partial charge in [-0.3, -0.25) is 14.4 Å². The van der Waals surface area contributed by atoms with Crippen molar-refractivity contribution >= 4 is 34.2 Å². The van der Waals surface area contributed by atoms with Gasteiger partial charge in [0, 0.05) is 5.39 Å². The van der Waals surface area contributed by atoms with E-state index >= 15 is 0 Å². The van der Waals surface area contributed by atoms with E-state index in [2.05, 4.69) is 15.8 Å². The number of Topliss-reactive ketones (excluding diaryl/α,β-unsaturated/α-hetero) is 1. The highest BCUT2D eigenvalue weighted by Crippen LogP contribution is 2.35. The molecule has 2 amide bonds. The number of imide groups is 1. The first-order valence-corrected chi connectivity index (χ1v) is 9.27. The Morgan fingerprint density at radius 2 is 1.80 bits per heavy atom. The number of ether oxygens (including phenoxy) is 1. The number of nitrogens with zero attached hydrogens (tertiary/aromatic N) is 2. The van der Waals surface area contributed by atoms with Gasteiger partial charge in [0.25, 0.3) is 11.8 Å². The molecule has 8 nitrogen and oxygen atoms in total. The summed E-state index contributed by atoms with van der Waals surface area (Å²) in [6, 6.07) is 16.6. The predicted molar refractivity (Wildman–Crippen MR) is 109 cm³/mol. The van der Waals surface area contributed by atoms with Gasteiger partial charge in [-0.05, 0) is 24.3 Å². The molecule has 3 aromatic rings. The van der Waals surface area contributed by atoms with Gasteiger partial charge in [0.2, 0.25) is 5.78 Å². The minimum absolute atomic E-state index is 0.0264. The number of nitrogens with one attached hydrogen (secondary N) is 2. The minimum Gasteiger partial charge on any atom is -0.495 e. The number of allylic oxidation sites excluding steroid dienone is 1. The lowest BCUT2D eigenvalue weighted by Crippen LogP contribution is -2.42. The van der Waals surface area contributed by atoms with Gasteiger partial charge in [-0.2, -0.15) is 0 Å². The summed E-state index contributed by atoms with van der Waals surface area (Å²) in [4.78, 5) is 44.7. The smallest absolute Gasteiger partial charge is 0.265 e. The number of benzene rings is 2. The Morgan fingerprint density at radius 3 is 2.63 bits per heavy atom. The summed E-state index contributed by atoms with van der Waals surface area (Å²) >= 11 is 0. The first-order valence-electron chi connectivity index (χ1n) is 9.27. The zero-order chi connectivity index (χ0) is 20.8. The highest BCUT2D eigenvalue weighted by molar-refractivity contribution is 6.34. The standard InChI is InChI=1S/C22H16N4O4/c1-30-16-9-5-4-8-15(16)26-21(28)17-18(24-25-19(17)22(26)29)20(27)14-11-10-12-6-2-3-7-13(12)23-14/h2-11,19,24-25H,1H3/t19-/m0/s1. The number of hydrazine groups is 1. The second kappa shape index (κ2) is 6.78. The number of hydrogen-bond donors (Lipinski definition) is 2. The van der Waals surface area contributed by atoms with Crippen LogP contribution in [0.1, 0.15) is 10.5 Å². The number of carbonyl (C=O) groups excluding carboxylic acids is 3. The van der Waals surface area contributed by atoms with E-state index in [1.165, 1.54) is 7.11 Å². The average molecular weight is 400 g/mol. The molecule has 1 fully saturated rings. The fraction of sp³-hybridized carbons (Fsp3) is 0.0909. The molecule has 1 aromatic heterocycles. The number of ketones is 1. The van der Waals surface area contributed by atoms with Crippen molar-refractivity contribution in [1.82, 2.24) is 15.8 Å². The third-order valence-corrected chi connectivity index (χ3v) is 5.18. The summed E-state index contributed by atoms with van der Waals surface area (Å²) in [6.45, 7) is 0. The summed E-state index contributed by atoms with van der Waals surface area (Å²) in [6.07, 6.45) is 0. The molecular formula is C22H16N4O4. The Kier molecular flexibility index (Phi) is 4.07. The molecular weight excluding hydrogens is 384 g/mol. The molecule has 2 aromatic carbocycles. The number of hydrogen-bond acceptors (Lipinski definition) is 7. The van der Waals surface area contributed by atoms with Crippen LogP contribution >= 0.6 is 0 Å². The normalized spacial score (nSPS) is 18.0. The first kappa shape index (κ1) is 18.0. The molecule has 2 aliphatic rings. The van der Waals surface area contributed by atoms with E-state index in [1.807, 2.05) is 18.2 Å². The summed E-state index contributed by atoms with van der Waals surface area (Å²) < 4.78 is 5.29. The van der Waals surface area contributed by atoms with Gasteiger partial charge in [0.15, 0.2) is 0 Å². The number of fused-ring (bicyclic) bond motifs is 2. The molecule has 0 aliphatic carbocycles. The molecule has 0 radical (unpaired) electrons. The van der Waals surface area contributed by atoms with E-state index in [9.17, 15) is 14.4 Å². The van der Waals surface area contributed by atoms with E-state index < -0.39 is 23.6 Å². The van der Waals surface area contributed by atoms with Crippen LogP contribution in [0.5, 0.6) is 5.75 Å². The molecule has 1 atom stereocenters. The molecule has 8 heteroatoms. The van der Waals surface area contributed by atoms with Crippen molar-refractivity contribution in [2.24, 2.45) is 0 Å². The van der Waals surface area contributed by atoms with Crippen molar-refractivity contribution in [2.75, 3.05) is 12.0 Å². The lowest BCUT2D eigenvalue weighted by molar-refractivity contribution is -0.121. The topological polar surface area (TPSA) is 101 Å². The summed E-state index contributed by atoms with van der Waals surface area (Å²) in [5.41, 5.74) is 6.73. The average Bonchev–Trinajstić information content (AvgIpc) is 3.33. The Labute approximate surface area is 171 Å². The summed E-state index contributed by atoms with van der Waals surface area (Å²) in [7, 11) is 1.46. The van der Waals surface area contributed by atoms with Gasteiger partial charge < -0.3 is 10.2 Å². The van der Waals surface area contributed by atoms with Crippen LogP contribution in [-0.2, 0) is 9.59 Å². The molecule has 5 rings (SSSR count). The summed E-state index contributed by atoms with van der Waals surface area (Å²) in [5.74, 6) is -1.14. The number of methoxy groups -OCH3 is 1. The van der Waals surface area contributed by atoms with Crippen LogP contribution in [0.2, 0.25) is 0 Å². The molecule has 148 valence electrons. The zero-order valence-electron chi connectivity index (χ0n) is 15.9. The van der Waals surface area contributed by atoms with Gasteiger partial charge in [-0.15, -0.1) is 0 Å². The zero-order valence-corrected chi connectivity index (χ0v) is 15.9. The predicted octanol–water partition coefficient (Wildman–Crippen LogP) is 1.73. The second-order valence-electron chi connectivity index (χ2n) is 6.86. The maximum Gasteiger partial charge on any atom is 0.265 e. The van der Waals surface area contributed by atoms with Crippen LogP contribution in [0, 0.1) is 0 Å². The van der Waals surface area contributed by atoms with Crippen molar-refractivity contribution < 1.29 is 19.1 Å². The van der Waals surface area contributed by atoms with E-state index in [0.717, 1.165) is 10.3 Å². The van der Waals surface area contributed by atoms with Crippen LogP contribution in [0.15, 0.2) is 71.9 Å². The van der Waals surface area contributed by atoms with Gasteiger partial charge in [0.1, 0.15) is 23.2 Å². The monoisotopic (exact) mass is 400 g/mol. The van der Waals surface area contributed by atoms with Crippen molar-refractivity contribution in [1.29, 1.82) is 0 Å². The van der Waals surface area contributed by atoms with Crippen molar-refractivity contribution in [3.05, 3.63) is 77.6 Å². The number of aromatic nitrogens is 1. The third kappa shape index (κ3) is 2.58. The number of carbonyl (C=O) groups is 3. The Hall–Kier alpha value is -4.04. The van der Waals surface area contributed by atoms with Gasteiger partial charge in [-0.25, -0.2) is 15.3 Å². The highest BCUT2D eigenvalue weighted by Gasteiger charge is 2.50. The number of para-hydroxylation sites is 3. The largest absolute Gasteiger partial charge is 0.495 e. The molecule has 0 spiro atoms. The fourth-order valence-corrected chi connectivity index (χ4v) is 3.74. The molecule has 0 bridgehead atoms. The van der Waals surface area contributed by atoms with E-state index in [1.54, 1.807) is 42.5 Å². The summed E-state index contributed by atoms with van der Waals surface area (Å²) in [5, 5.41) is 0.900. The van der Waals surface area contributed by atoms with Crippen molar-refractivity contribution in [3.63, 3.8) is 0 Å². The number of amides is 2. The maximum absolute atomic E-state index is 13.2. The Bertz CT molecular complexity index is 1270. The quantitative estimate of drug-likeness (QED) is 0.508. The van der Waals surface area contributed by atoms with E-state index in [4.69, 9.17) is 4.74 Å². The number of anilines is 1. The van der Waals surface area contributed by atoms with Crippen LogP contribution in [0.4, 0.5) is 5.69 Å². The van der Waals surface area contributed by atoms with Crippen LogP contribution in [-0.4, -0.2) is 35.7 Å². The number of pyridine rings is 1. The lowest BCUT2D eigenvalue weighted by atomic mass is 10.0. The minimum atomic E-state index is -0.957. The molecule has 3 heterocycles. The fourth-order valence-electron chi connectivity index (χ4n) is 3.74. The Balaban J connectivity index is 1.57. The molecule has 2 N–H and O–H groups in total. The van der Waals surface area contributed by atoms with Crippen molar-refractivity contribution in [2.45, 2.75) is 6.04 Å². The maximum atomic E-state index is 13.2. The molecule has 2 aliphatic heterocycles. The van der Waals surface area contributed by atoms with Crippen LogP contribution < -0.4 is 20.5 Å². The molecule has 0 unspecified atom stereocenters. The van der Waals surface area contributed by atoms with Gasteiger partial charge in [-0.1, -0.05) is 36.4 Å². The molecule has 30 heavy (non-hydrogen) atoms. The third-order valence-electron chi connectivity index (χ3n) is 5.18. The lowest BCUT2D eigenvalue weighted by Gasteiger charge is -2.18. The van der Waals surface area contributed by atoms with Crippen LogP contribution in [0.3, 0.4) is 0 Å². The Morgan fingerprint density at radius 1 is 1.03 bits per heavy atom. The van der Waals surface area contributed by atoms with Gasteiger partial charge >= 0.3 is 0 Å². The highest BCUT2D eigenvalue weighted by atomic mass is 16.5. The van der Waals surface area contributed by atoms with E-state index in [-0.39, 0.29) is 17.0 Å². The van der Waals surface area contributed by atoms with Crippen LogP contribution in [0.25, 0.3) is 10.9 Å². The first-order chi connectivity index (χ1) is 14.6. The molecule has 1 saturated heterocycles. The number of rotatable bonds is 4. The van der Waals surface area contributed by atoms with E-state index in [0.29, 0.717) is 17.0 Å². The SMILES string of the molecule is COc1ccccc1N1C(=O)C2=C(C(=O)c3ccc4ccccc4n3)NN[C@@H]2C1=O. The molecule has 0 saturated carbocycles. The van der Waals surface area contributed by atoms with Gasteiger partial charge in [0.05, 0.1) is 23.9 Å². The van der Waals surface area contributed by atoms with Crippen molar-refractivity contribution in [3.8, 4) is 5.75 Å². The second-order valence-corrected chi connectivity index (χ2v) is 6.86.